The van der Waals surface area contributed by atoms with Gasteiger partial charge in [0.05, 0.1) is 64.4 Å². The zero-order valence-corrected chi connectivity index (χ0v) is 23.1. The molecule has 14 nitrogen and oxygen atoms in total. The van der Waals surface area contributed by atoms with Crippen molar-refractivity contribution in [1.29, 1.82) is 0 Å². The Balaban J connectivity index is 1.17. The van der Waals surface area contributed by atoms with Crippen molar-refractivity contribution >= 4 is 28.5 Å². The van der Waals surface area contributed by atoms with E-state index in [1.165, 1.54) is 4.68 Å². The van der Waals surface area contributed by atoms with Gasteiger partial charge in [-0.2, -0.15) is 15.1 Å². The molecule has 15 heteroatoms. The maximum atomic E-state index is 10.4. The van der Waals surface area contributed by atoms with Gasteiger partial charge in [0.15, 0.2) is 11.9 Å². The minimum absolute atomic E-state index is 0.0367. The highest BCUT2D eigenvalue weighted by Gasteiger charge is 2.44. The van der Waals surface area contributed by atoms with E-state index in [0.29, 0.717) is 69.7 Å². The number of hydrogen-bond donors (Lipinski definition) is 3. The Labute approximate surface area is 237 Å². The zero-order valence-electron chi connectivity index (χ0n) is 22.3. The number of ether oxygens (including phenoxy) is 5. The highest BCUT2D eigenvalue weighted by atomic mass is 35.5. The number of nitrogens with zero attached hydrogens (tertiary/aromatic N) is 6. The second-order valence-corrected chi connectivity index (χ2v) is 9.63. The molecule has 3 N–H and O–H groups in total. The molecule has 2 aromatic heterocycles. The number of halogens is 1. The lowest BCUT2D eigenvalue weighted by Crippen LogP contribution is -2.47. The molecule has 0 amide bonds. The van der Waals surface area contributed by atoms with Crippen molar-refractivity contribution in [2.24, 2.45) is 0 Å². The molecule has 2 aliphatic heterocycles. The number of fused-ring (bicyclic) bond motifs is 1. The van der Waals surface area contributed by atoms with E-state index in [0.717, 1.165) is 32.7 Å². The quantitative estimate of drug-likeness (QED) is 0.124. The number of terminal acetylenes is 1. The summed E-state index contributed by atoms with van der Waals surface area (Å²) in [5, 5.41) is 35.0. The molecule has 0 aliphatic carbocycles. The topological polar surface area (TPSA) is 157 Å². The number of aliphatic hydroxyl groups is 3. The van der Waals surface area contributed by atoms with Gasteiger partial charge in [0, 0.05) is 32.7 Å². The van der Waals surface area contributed by atoms with Crippen LogP contribution in [0.5, 0.6) is 0 Å². The number of piperazine rings is 1. The van der Waals surface area contributed by atoms with Crippen LogP contribution >= 0.6 is 11.6 Å². The number of aromatic nitrogens is 4. The van der Waals surface area contributed by atoms with Crippen molar-refractivity contribution in [3.05, 3.63) is 11.5 Å². The second kappa shape index (κ2) is 15.7. The first kappa shape index (κ1) is 30.8. The Morgan fingerprint density at radius 3 is 2.23 bits per heavy atom. The van der Waals surface area contributed by atoms with E-state index in [4.69, 9.17) is 41.7 Å². The molecule has 40 heavy (non-hydrogen) atoms. The number of rotatable bonds is 16. The monoisotopic (exact) mass is 584 g/mol. The molecule has 4 heterocycles. The van der Waals surface area contributed by atoms with Crippen molar-refractivity contribution in [2.75, 3.05) is 97.1 Å². The highest BCUT2D eigenvalue weighted by Crippen LogP contribution is 2.33. The van der Waals surface area contributed by atoms with E-state index in [2.05, 4.69) is 30.8 Å². The van der Waals surface area contributed by atoms with Crippen molar-refractivity contribution in [3.63, 3.8) is 0 Å². The molecule has 4 atom stereocenters. The lowest BCUT2D eigenvalue weighted by molar-refractivity contribution is -0.0566. The Morgan fingerprint density at radius 2 is 1.60 bits per heavy atom. The lowest BCUT2D eigenvalue weighted by Gasteiger charge is -2.35. The van der Waals surface area contributed by atoms with E-state index in [1.54, 1.807) is 6.20 Å². The maximum Gasteiger partial charge on any atom is 0.226 e. The summed E-state index contributed by atoms with van der Waals surface area (Å²) in [6, 6.07) is 0. The molecule has 0 bridgehead atoms. The summed E-state index contributed by atoms with van der Waals surface area (Å²) in [5.74, 6) is 3.04. The van der Waals surface area contributed by atoms with Crippen LogP contribution in [0.4, 0.5) is 5.82 Å². The van der Waals surface area contributed by atoms with Crippen LogP contribution in [0, 0.1) is 12.3 Å². The van der Waals surface area contributed by atoms with Gasteiger partial charge in [-0.15, -0.1) is 6.42 Å². The third-order valence-electron chi connectivity index (χ3n) is 6.69. The normalized spacial score (nSPS) is 23.7. The summed E-state index contributed by atoms with van der Waals surface area (Å²) in [7, 11) is 0. The van der Waals surface area contributed by atoms with Gasteiger partial charge >= 0.3 is 0 Å². The Hall–Kier alpha value is -2.16. The van der Waals surface area contributed by atoms with Crippen molar-refractivity contribution in [2.45, 2.75) is 24.5 Å². The third-order valence-corrected chi connectivity index (χ3v) is 6.86. The van der Waals surface area contributed by atoms with Crippen molar-refractivity contribution in [1.82, 2.24) is 24.6 Å². The predicted molar refractivity (Wildman–Crippen MR) is 144 cm³/mol. The van der Waals surface area contributed by atoms with Crippen LogP contribution < -0.4 is 4.90 Å². The van der Waals surface area contributed by atoms with Gasteiger partial charge in [0.2, 0.25) is 5.28 Å². The van der Waals surface area contributed by atoms with Gasteiger partial charge in [-0.25, -0.2) is 4.68 Å². The fourth-order valence-corrected chi connectivity index (χ4v) is 4.72. The van der Waals surface area contributed by atoms with Gasteiger partial charge in [0.1, 0.15) is 30.7 Å². The first-order valence-electron chi connectivity index (χ1n) is 13.3. The maximum absolute atomic E-state index is 10.4. The summed E-state index contributed by atoms with van der Waals surface area (Å²) in [4.78, 5) is 13.2. The molecule has 2 aliphatic rings. The summed E-state index contributed by atoms with van der Waals surface area (Å²) >= 11 is 6.26. The van der Waals surface area contributed by atoms with Gasteiger partial charge in [-0.05, 0) is 11.6 Å². The van der Waals surface area contributed by atoms with E-state index in [-0.39, 0.29) is 5.28 Å². The fraction of sp³-hybridized carbons (Fsp3) is 0.720. The van der Waals surface area contributed by atoms with Crippen molar-refractivity contribution < 1.29 is 39.0 Å². The molecule has 0 saturated carbocycles. The molecule has 0 aromatic carbocycles. The van der Waals surface area contributed by atoms with E-state index in [9.17, 15) is 15.3 Å². The molecule has 4 rings (SSSR count). The first-order chi connectivity index (χ1) is 19.5. The standard InChI is InChI=1S/C25H37ClN6O8/c1-2-8-36-10-12-38-14-15-39-13-11-37-9-7-30-3-5-31(6-4-30)22-18-16-27-32(23(18)29-25(26)28-22)24-21(35)20(34)19(17-33)40-24/h1,16,19-21,24,33-35H,3-15,17H2/t19?,20-,21-,24-/m1/s1. The van der Waals surface area contributed by atoms with Gasteiger partial charge in [0.25, 0.3) is 0 Å². The van der Waals surface area contributed by atoms with Gasteiger partial charge in [-0.3, -0.25) is 4.90 Å². The molecule has 2 aromatic rings. The van der Waals surface area contributed by atoms with Crippen LogP contribution in [-0.2, 0) is 23.7 Å². The second-order valence-electron chi connectivity index (χ2n) is 9.29. The van der Waals surface area contributed by atoms with Crippen molar-refractivity contribution in [3.8, 4) is 12.3 Å². The summed E-state index contributed by atoms with van der Waals surface area (Å²) in [5.41, 5.74) is 0.378. The number of anilines is 1. The molecular formula is C25H37ClN6O8. The van der Waals surface area contributed by atoms with E-state index in [1.807, 2.05) is 0 Å². The molecule has 0 radical (unpaired) electrons. The SMILES string of the molecule is C#CCOCCOCCOCCOCCN1CCN(c2nc(Cl)nc3c2cnn3[C@@H]2OC(CO)[C@@H](O)[C@H]2O)CC1. The zero-order chi connectivity index (χ0) is 28.3. The minimum atomic E-state index is -1.28. The molecule has 2 saturated heterocycles. The Kier molecular flexibility index (Phi) is 12.1. The van der Waals surface area contributed by atoms with Gasteiger partial charge in [-0.1, -0.05) is 5.92 Å². The minimum Gasteiger partial charge on any atom is -0.394 e. The molecule has 0 spiro atoms. The lowest BCUT2D eigenvalue weighted by atomic mass is 10.1. The number of hydrogen-bond acceptors (Lipinski definition) is 13. The predicted octanol–water partition coefficient (Wildman–Crippen LogP) is -1.09. The first-order valence-corrected chi connectivity index (χ1v) is 13.7. The average molecular weight is 585 g/mol. The summed E-state index contributed by atoms with van der Waals surface area (Å²) < 4.78 is 28.7. The van der Waals surface area contributed by atoms with E-state index < -0.39 is 31.1 Å². The molecule has 1 unspecified atom stereocenters. The summed E-state index contributed by atoms with van der Waals surface area (Å²) in [6.45, 7) is 7.32. The number of aliphatic hydroxyl groups excluding tert-OH is 3. The molecular weight excluding hydrogens is 548 g/mol. The Morgan fingerprint density at radius 1 is 0.950 bits per heavy atom. The van der Waals surface area contributed by atoms with Crippen LogP contribution in [0.15, 0.2) is 6.20 Å². The van der Waals surface area contributed by atoms with E-state index >= 15 is 0 Å². The van der Waals surface area contributed by atoms with Crippen LogP contribution in [0.2, 0.25) is 5.28 Å². The average Bonchev–Trinajstić information content (AvgIpc) is 3.51. The smallest absolute Gasteiger partial charge is 0.226 e. The largest absolute Gasteiger partial charge is 0.394 e. The van der Waals surface area contributed by atoms with Crippen LogP contribution in [0.1, 0.15) is 6.23 Å². The van der Waals surface area contributed by atoms with Crippen LogP contribution in [0.25, 0.3) is 11.0 Å². The van der Waals surface area contributed by atoms with Crippen LogP contribution in [0.3, 0.4) is 0 Å². The molecule has 222 valence electrons. The fourth-order valence-electron chi connectivity index (χ4n) is 4.56. The highest BCUT2D eigenvalue weighted by molar-refractivity contribution is 6.28. The summed E-state index contributed by atoms with van der Waals surface area (Å²) in [6.07, 6.45) is 2.24. The molecule has 2 fully saturated rings. The van der Waals surface area contributed by atoms with Crippen LogP contribution in [-0.4, -0.2) is 150 Å². The third kappa shape index (κ3) is 7.98. The Bertz CT molecular complexity index is 1100. The van der Waals surface area contributed by atoms with Gasteiger partial charge < -0.3 is 43.9 Å².